The minimum absolute atomic E-state index is 0.0112. The summed E-state index contributed by atoms with van der Waals surface area (Å²) in [6.45, 7) is 3.34. The fourth-order valence-corrected chi connectivity index (χ4v) is 1.68. The molecule has 0 aromatic heterocycles. The maximum Gasteiger partial charge on any atom is 0.241 e. The van der Waals surface area contributed by atoms with E-state index in [2.05, 4.69) is 5.32 Å². The predicted molar refractivity (Wildman–Crippen MR) is 59.7 cm³/mol. The van der Waals surface area contributed by atoms with Crippen LogP contribution in [0.1, 0.15) is 32.6 Å². The topological polar surface area (TPSA) is 69.6 Å². The molecule has 0 bridgehead atoms. The van der Waals surface area contributed by atoms with Gasteiger partial charge in [0.1, 0.15) is 0 Å². The number of amides is 2. The highest BCUT2D eigenvalue weighted by molar-refractivity contribution is 5.84. The molecule has 1 atom stereocenters. The standard InChI is InChI=1S/C11H20N2O3/c1-9(14)4-5-10(15)12-8-11(16)13-6-2-3-7-13/h9,14H,2-8H2,1H3,(H,12,15). The van der Waals surface area contributed by atoms with Gasteiger partial charge in [0.05, 0.1) is 12.6 Å². The highest BCUT2D eigenvalue weighted by Crippen LogP contribution is 2.06. The summed E-state index contributed by atoms with van der Waals surface area (Å²) in [6.07, 6.45) is 2.35. The van der Waals surface area contributed by atoms with Crippen LogP contribution >= 0.6 is 0 Å². The van der Waals surface area contributed by atoms with Crippen LogP contribution in [0, 0.1) is 0 Å². The Balaban J connectivity index is 2.13. The van der Waals surface area contributed by atoms with Crippen molar-refractivity contribution >= 4 is 11.8 Å². The van der Waals surface area contributed by atoms with Gasteiger partial charge in [0.15, 0.2) is 0 Å². The van der Waals surface area contributed by atoms with Crippen molar-refractivity contribution in [3.8, 4) is 0 Å². The normalized spacial score (nSPS) is 17.2. The van der Waals surface area contributed by atoms with Crippen molar-refractivity contribution in [2.24, 2.45) is 0 Å². The Hall–Kier alpha value is -1.10. The van der Waals surface area contributed by atoms with Crippen LogP contribution in [0.3, 0.4) is 0 Å². The molecule has 0 saturated carbocycles. The smallest absolute Gasteiger partial charge is 0.241 e. The number of nitrogens with one attached hydrogen (secondary N) is 1. The second-order valence-corrected chi connectivity index (χ2v) is 4.25. The molecule has 1 fully saturated rings. The molecule has 0 aromatic carbocycles. The highest BCUT2D eigenvalue weighted by Gasteiger charge is 2.17. The Morgan fingerprint density at radius 3 is 2.56 bits per heavy atom. The van der Waals surface area contributed by atoms with Crippen molar-refractivity contribution in [2.45, 2.75) is 38.7 Å². The van der Waals surface area contributed by atoms with Crippen LogP contribution in [-0.4, -0.2) is 47.6 Å². The maximum absolute atomic E-state index is 11.5. The zero-order chi connectivity index (χ0) is 12.0. The van der Waals surface area contributed by atoms with Gasteiger partial charge in [-0.05, 0) is 26.2 Å². The first-order valence-electron chi connectivity index (χ1n) is 5.82. The van der Waals surface area contributed by atoms with Crippen LogP contribution < -0.4 is 5.32 Å². The Labute approximate surface area is 95.8 Å². The quantitative estimate of drug-likeness (QED) is 0.689. The molecule has 5 heteroatoms. The fourth-order valence-electron chi connectivity index (χ4n) is 1.68. The molecular formula is C11H20N2O3. The second-order valence-electron chi connectivity index (χ2n) is 4.25. The van der Waals surface area contributed by atoms with E-state index in [4.69, 9.17) is 5.11 Å². The molecule has 2 N–H and O–H groups in total. The van der Waals surface area contributed by atoms with E-state index >= 15 is 0 Å². The van der Waals surface area contributed by atoms with E-state index in [9.17, 15) is 9.59 Å². The molecule has 1 unspecified atom stereocenters. The Morgan fingerprint density at radius 1 is 1.38 bits per heavy atom. The number of carbonyl (C=O) groups is 2. The van der Waals surface area contributed by atoms with Gasteiger partial charge >= 0.3 is 0 Å². The van der Waals surface area contributed by atoms with E-state index in [-0.39, 0.29) is 24.8 Å². The van der Waals surface area contributed by atoms with E-state index in [1.54, 1.807) is 11.8 Å². The Bertz CT molecular complexity index is 248. The number of hydrogen-bond donors (Lipinski definition) is 2. The zero-order valence-electron chi connectivity index (χ0n) is 9.74. The Morgan fingerprint density at radius 2 is 2.00 bits per heavy atom. The van der Waals surface area contributed by atoms with Crippen molar-refractivity contribution in [3.05, 3.63) is 0 Å². The summed E-state index contributed by atoms with van der Waals surface area (Å²) < 4.78 is 0. The van der Waals surface area contributed by atoms with Gasteiger partial charge in [-0.3, -0.25) is 9.59 Å². The number of likely N-dealkylation sites (tertiary alicyclic amines) is 1. The van der Waals surface area contributed by atoms with Gasteiger partial charge in [-0.15, -0.1) is 0 Å². The third-order valence-electron chi connectivity index (χ3n) is 2.68. The van der Waals surface area contributed by atoms with E-state index in [1.807, 2.05) is 0 Å². The monoisotopic (exact) mass is 228 g/mol. The third-order valence-corrected chi connectivity index (χ3v) is 2.68. The minimum atomic E-state index is -0.472. The molecule has 0 radical (unpaired) electrons. The number of rotatable bonds is 5. The van der Waals surface area contributed by atoms with Gasteiger partial charge in [-0.25, -0.2) is 0 Å². The SMILES string of the molecule is CC(O)CCC(=O)NCC(=O)N1CCCC1. The lowest BCUT2D eigenvalue weighted by Gasteiger charge is -2.15. The second kappa shape index (κ2) is 6.48. The lowest BCUT2D eigenvalue weighted by Crippen LogP contribution is -2.38. The summed E-state index contributed by atoms with van der Waals surface area (Å²) in [5, 5.41) is 11.6. The molecule has 16 heavy (non-hydrogen) atoms. The van der Waals surface area contributed by atoms with Gasteiger partial charge in [0.2, 0.25) is 11.8 Å². The molecule has 1 aliphatic heterocycles. The van der Waals surface area contributed by atoms with E-state index < -0.39 is 6.10 Å². The first-order valence-corrected chi connectivity index (χ1v) is 5.82. The lowest BCUT2D eigenvalue weighted by atomic mass is 10.2. The summed E-state index contributed by atoms with van der Waals surface area (Å²) in [4.78, 5) is 24.6. The van der Waals surface area contributed by atoms with Crippen LogP contribution in [0.2, 0.25) is 0 Å². The molecular weight excluding hydrogens is 208 g/mol. The fraction of sp³-hybridized carbons (Fsp3) is 0.818. The van der Waals surface area contributed by atoms with Gasteiger partial charge < -0.3 is 15.3 Å². The first kappa shape index (κ1) is 13.0. The average molecular weight is 228 g/mol. The predicted octanol–water partition coefficient (Wildman–Crippen LogP) is -0.114. The van der Waals surface area contributed by atoms with Crippen molar-refractivity contribution in [2.75, 3.05) is 19.6 Å². The summed E-state index contributed by atoms with van der Waals surface area (Å²) in [5.74, 6) is -0.184. The lowest BCUT2D eigenvalue weighted by molar-refractivity contribution is -0.132. The average Bonchev–Trinajstić information content (AvgIpc) is 2.76. The van der Waals surface area contributed by atoms with Crippen molar-refractivity contribution in [3.63, 3.8) is 0 Å². The molecule has 1 rings (SSSR count). The molecule has 1 heterocycles. The van der Waals surface area contributed by atoms with Crippen LogP contribution in [0.4, 0.5) is 0 Å². The maximum atomic E-state index is 11.5. The first-order chi connectivity index (χ1) is 7.59. The van der Waals surface area contributed by atoms with Crippen molar-refractivity contribution in [1.82, 2.24) is 10.2 Å². The van der Waals surface area contributed by atoms with E-state index in [0.717, 1.165) is 25.9 Å². The van der Waals surface area contributed by atoms with Gasteiger partial charge in [-0.2, -0.15) is 0 Å². The highest BCUT2D eigenvalue weighted by atomic mass is 16.3. The number of aliphatic hydroxyl groups is 1. The number of nitrogens with zero attached hydrogens (tertiary/aromatic N) is 1. The molecule has 5 nitrogen and oxygen atoms in total. The van der Waals surface area contributed by atoms with Crippen LogP contribution in [-0.2, 0) is 9.59 Å². The zero-order valence-corrected chi connectivity index (χ0v) is 9.74. The summed E-state index contributed by atoms with van der Waals surface area (Å²) in [7, 11) is 0. The molecule has 1 saturated heterocycles. The number of aliphatic hydroxyl groups excluding tert-OH is 1. The number of carbonyl (C=O) groups excluding carboxylic acids is 2. The molecule has 2 amide bonds. The van der Waals surface area contributed by atoms with Crippen LogP contribution in [0.5, 0.6) is 0 Å². The summed E-state index contributed by atoms with van der Waals surface area (Å²) in [5.41, 5.74) is 0. The summed E-state index contributed by atoms with van der Waals surface area (Å²) >= 11 is 0. The van der Waals surface area contributed by atoms with Gasteiger partial charge in [0, 0.05) is 19.5 Å². The largest absolute Gasteiger partial charge is 0.393 e. The molecule has 0 aliphatic carbocycles. The van der Waals surface area contributed by atoms with Crippen LogP contribution in [0.25, 0.3) is 0 Å². The Kier molecular flexibility index (Phi) is 5.25. The van der Waals surface area contributed by atoms with Gasteiger partial charge in [-0.1, -0.05) is 0 Å². The summed E-state index contributed by atoms with van der Waals surface area (Å²) in [6, 6.07) is 0. The minimum Gasteiger partial charge on any atom is -0.393 e. The van der Waals surface area contributed by atoms with Crippen molar-refractivity contribution in [1.29, 1.82) is 0 Å². The molecule has 92 valence electrons. The molecule has 0 spiro atoms. The molecule has 0 aromatic rings. The number of hydrogen-bond acceptors (Lipinski definition) is 3. The van der Waals surface area contributed by atoms with Crippen molar-refractivity contribution < 1.29 is 14.7 Å². The third kappa shape index (κ3) is 4.61. The molecule has 1 aliphatic rings. The van der Waals surface area contributed by atoms with Gasteiger partial charge in [0.25, 0.3) is 0 Å². The van der Waals surface area contributed by atoms with E-state index in [1.165, 1.54) is 0 Å². The van der Waals surface area contributed by atoms with E-state index in [0.29, 0.717) is 6.42 Å². The van der Waals surface area contributed by atoms with Crippen LogP contribution in [0.15, 0.2) is 0 Å².